The van der Waals surface area contributed by atoms with E-state index in [0.29, 0.717) is 18.6 Å². The fourth-order valence-electron chi connectivity index (χ4n) is 1.15. The Morgan fingerprint density at radius 1 is 1.58 bits per heavy atom. The van der Waals surface area contributed by atoms with Crippen LogP contribution in [0.5, 0.6) is 0 Å². The van der Waals surface area contributed by atoms with Crippen molar-refractivity contribution < 1.29 is 14.7 Å². The van der Waals surface area contributed by atoms with Gasteiger partial charge in [0.05, 0.1) is 5.92 Å². The molecule has 1 heterocycles. The number of hydrogen-bond acceptors (Lipinski definition) is 2. The molecule has 1 unspecified atom stereocenters. The summed E-state index contributed by atoms with van der Waals surface area (Å²) in [7, 11) is 0. The molecule has 4 heteroatoms. The van der Waals surface area contributed by atoms with Gasteiger partial charge in [0.2, 0.25) is 5.91 Å². The Morgan fingerprint density at radius 2 is 2.25 bits per heavy atom. The maximum absolute atomic E-state index is 10.8. The molecule has 0 aliphatic carbocycles. The van der Waals surface area contributed by atoms with Crippen molar-refractivity contribution in [3.05, 3.63) is 0 Å². The number of amides is 1. The molecule has 1 atom stereocenters. The van der Waals surface area contributed by atoms with Gasteiger partial charge in [0.15, 0.2) is 0 Å². The number of nitrogens with zero attached hydrogens (tertiary/aromatic N) is 1. The Bertz CT molecular complexity index is 245. The van der Waals surface area contributed by atoms with Crippen LogP contribution in [0.25, 0.3) is 0 Å². The highest BCUT2D eigenvalue weighted by molar-refractivity contribution is 6.07. The lowest BCUT2D eigenvalue weighted by molar-refractivity contribution is -0.138. The monoisotopic (exact) mass is 169 g/mol. The minimum atomic E-state index is -0.913. The summed E-state index contributed by atoms with van der Waals surface area (Å²) >= 11 is 0. The predicted octanol–water partition coefficient (Wildman–Crippen LogP) is 0.859. The second-order valence-electron chi connectivity index (χ2n) is 2.91. The van der Waals surface area contributed by atoms with Crippen LogP contribution in [0, 0.1) is 5.92 Å². The molecule has 1 aliphatic rings. The first kappa shape index (κ1) is 8.90. The van der Waals surface area contributed by atoms with Crippen molar-refractivity contribution in [3.8, 4) is 0 Å². The molecule has 1 amide bonds. The summed E-state index contributed by atoms with van der Waals surface area (Å²) in [5.41, 5.74) is 0.513. The van der Waals surface area contributed by atoms with Crippen molar-refractivity contribution in [2.24, 2.45) is 10.9 Å². The van der Waals surface area contributed by atoms with Gasteiger partial charge in [-0.25, -0.2) is 4.99 Å². The first-order chi connectivity index (χ1) is 5.61. The lowest BCUT2D eigenvalue weighted by Crippen LogP contribution is -2.24. The molecule has 0 fully saturated rings. The average molecular weight is 169 g/mol. The van der Waals surface area contributed by atoms with Gasteiger partial charge in [-0.05, 0) is 19.8 Å². The molecular formula is C8H11NO3. The molecule has 1 N–H and O–H groups in total. The van der Waals surface area contributed by atoms with E-state index < -0.39 is 11.9 Å². The lowest BCUT2D eigenvalue weighted by Gasteiger charge is -2.13. The van der Waals surface area contributed by atoms with E-state index in [-0.39, 0.29) is 5.91 Å². The third kappa shape index (κ3) is 1.90. The van der Waals surface area contributed by atoms with Crippen molar-refractivity contribution in [1.82, 2.24) is 0 Å². The molecule has 0 radical (unpaired) electrons. The van der Waals surface area contributed by atoms with Crippen LogP contribution >= 0.6 is 0 Å². The third-order valence-corrected chi connectivity index (χ3v) is 1.96. The minimum absolute atomic E-state index is 0.190. The third-order valence-electron chi connectivity index (χ3n) is 1.96. The topological polar surface area (TPSA) is 66.7 Å². The molecule has 4 nitrogen and oxygen atoms in total. The molecular weight excluding hydrogens is 158 g/mol. The summed E-state index contributed by atoms with van der Waals surface area (Å²) in [4.78, 5) is 25.0. The summed E-state index contributed by atoms with van der Waals surface area (Å²) in [5, 5.41) is 8.63. The van der Waals surface area contributed by atoms with Crippen LogP contribution in [-0.4, -0.2) is 22.7 Å². The van der Waals surface area contributed by atoms with E-state index >= 15 is 0 Å². The van der Waals surface area contributed by atoms with Gasteiger partial charge in [-0.2, -0.15) is 0 Å². The van der Waals surface area contributed by atoms with E-state index in [1.54, 1.807) is 6.92 Å². The SMILES string of the molecule is CC(C(=O)O)C1=NC(=O)CCC1. The van der Waals surface area contributed by atoms with E-state index in [1.165, 1.54) is 0 Å². The smallest absolute Gasteiger partial charge is 0.311 e. The molecule has 1 rings (SSSR count). The van der Waals surface area contributed by atoms with Crippen LogP contribution in [0.3, 0.4) is 0 Å². The van der Waals surface area contributed by atoms with Gasteiger partial charge in [0.1, 0.15) is 0 Å². The average Bonchev–Trinajstić information content (AvgIpc) is 2.03. The second kappa shape index (κ2) is 3.47. The van der Waals surface area contributed by atoms with Crippen LogP contribution < -0.4 is 0 Å². The Labute approximate surface area is 70.3 Å². The molecule has 66 valence electrons. The number of aliphatic imine (C=N–C) groups is 1. The summed E-state index contributed by atoms with van der Waals surface area (Å²) < 4.78 is 0. The highest BCUT2D eigenvalue weighted by atomic mass is 16.4. The van der Waals surface area contributed by atoms with Gasteiger partial charge < -0.3 is 5.11 Å². The number of hydrogen-bond donors (Lipinski definition) is 1. The van der Waals surface area contributed by atoms with Crippen molar-refractivity contribution in [1.29, 1.82) is 0 Å². The Kier molecular flexibility index (Phi) is 2.58. The van der Waals surface area contributed by atoms with Crippen LogP contribution in [0.2, 0.25) is 0 Å². The van der Waals surface area contributed by atoms with Gasteiger partial charge in [0, 0.05) is 12.1 Å². The standard InChI is InChI=1S/C8H11NO3/c1-5(8(11)12)6-3-2-4-7(10)9-6/h5H,2-4H2,1H3,(H,11,12). The first-order valence-electron chi connectivity index (χ1n) is 3.94. The largest absolute Gasteiger partial charge is 0.481 e. The van der Waals surface area contributed by atoms with Gasteiger partial charge >= 0.3 is 5.97 Å². The molecule has 12 heavy (non-hydrogen) atoms. The van der Waals surface area contributed by atoms with Gasteiger partial charge in [0.25, 0.3) is 0 Å². The van der Waals surface area contributed by atoms with E-state index in [2.05, 4.69) is 4.99 Å². The molecule has 0 bridgehead atoms. The Balaban J connectivity index is 2.73. The van der Waals surface area contributed by atoms with Gasteiger partial charge in [-0.3, -0.25) is 9.59 Å². The van der Waals surface area contributed by atoms with Crippen molar-refractivity contribution >= 4 is 17.6 Å². The number of carboxylic acid groups (broad SMARTS) is 1. The first-order valence-corrected chi connectivity index (χ1v) is 3.94. The number of carboxylic acids is 1. The molecule has 0 saturated heterocycles. The van der Waals surface area contributed by atoms with Crippen LogP contribution in [0.1, 0.15) is 26.2 Å². The summed E-state index contributed by atoms with van der Waals surface area (Å²) in [6, 6.07) is 0. The summed E-state index contributed by atoms with van der Waals surface area (Å²) in [5.74, 6) is -1.72. The molecule has 0 spiro atoms. The number of rotatable bonds is 2. The number of carbonyl (C=O) groups excluding carboxylic acids is 1. The molecule has 1 aliphatic heterocycles. The maximum Gasteiger partial charge on any atom is 0.311 e. The molecule has 0 saturated carbocycles. The second-order valence-corrected chi connectivity index (χ2v) is 2.91. The van der Waals surface area contributed by atoms with Gasteiger partial charge in [-0.1, -0.05) is 0 Å². The lowest BCUT2D eigenvalue weighted by atomic mass is 9.98. The zero-order valence-electron chi connectivity index (χ0n) is 6.91. The zero-order chi connectivity index (χ0) is 9.14. The Hall–Kier alpha value is -1.19. The molecule has 0 aromatic heterocycles. The normalized spacial score (nSPS) is 20.1. The van der Waals surface area contributed by atoms with E-state index in [0.717, 1.165) is 6.42 Å². The van der Waals surface area contributed by atoms with Crippen LogP contribution in [0.15, 0.2) is 4.99 Å². The summed E-state index contributed by atoms with van der Waals surface area (Å²) in [6.07, 6.45) is 1.82. The quantitative estimate of drug-likeness (QED) is 0.666. The molecule has 0 aromatic carbocycles. The predicted molar refractivity (Wildman–Crippen MR) is 43.1 cm³/mol. The van der Waals surface area contributed by atoms with Crippen molar-refractivity contribution in [2.75, 3.05) is 0 Å². The minimum Gasteiger partial charge on any atom is -0.481 e. The van der Waals surface area contributed by atoms with Gasteiger partial charge in [-0.15, -0.1) is 0 Å². The molecule has 0 aromatic rings. The Morgan fingerprint density at radius 3 is 2.75 bits per heavy atom. The number of aliphatic carboxylic acids is 1. The summed E-state index contributed by atoms with van der Waals surface area (Å²) in [6.45, 7) is 1.56. The maximum atomic E-state index is 10.8. The van der Waals surface area contributed by atoms with E-state index in [4.69, 9.17) is 5.11 Å². The van der Waals surface area contributed by atoms with Crippen LogP contribution in [-0.2, 0) is 9.59 Å². The number of carbonyl (C=O) groups is 2. The fourth-order valence-corrected chi connectivity index (χ4v) is 1.15. The van der Waals surface area contributed by atoms with Crippen LogP contribution in [0.4, 0.5) is 0 Å². The highest BCUT2D eigenvalue weighted by Crippen LogP contribution is 2.13. The van der Waals surface area contributed by atoms with Crippen molar-refractivity contribution in [2.45, 2.75) is 26.2 Å². The highest BCUT2D eigenvalue weighted by Gasteiger charge is 2.21. The van der Waals surface area contributed by atoms with Crippen molar-refractivity contribution in [3.63, 3.8) is 0 Å². The fraction of sp³-hybridized carbons (Fsp3) is 0.625. The van der Waals surface area contributed by atoms with E-state index in [1.807, 2.05) is 0 Å². The zero-order valence-corrected chi connectivity index (χ0v) is 6.91. The van der Waals surface area contributed by atoms with E-state index in [9.17, 15) is 9.59 Å².